The average Bonchev–Trinajstić information content (AvgIpc) is 3.41. The van der Waals surface area contributed by atoms with Crippen molar-refractivity contribution in [2.75, 3.05) is 49.0 Å². The van der Waals surface area contributed by atoms with E-state index >= 15 is 0 Å². The van der Waals surface area contributed by atoms with Crippen LogP contribution in [-0.4, -0.2) is 92.3 Å². The molecule has 2 fully saturated rings. The molecule has 2 saturated heterocycles. The van der Waals surface area contributed by atoms with Gasteiger partial charge in [-0.1, -0.05) is 12.1 Å². The van der Waals surface area contributed by atoms with E-state index in [0.29, 0.717) is 5.52 Å². The number of imidazole rings is 1. The first-order chi connectivity index (χ1) is 16.5. The van der Waals surface area contributed by atoms with E-state index in [1.807, 2.05) is 24.3 Å². The van der Waals surface area contributed by atoms with E-state index < -0.39 is 31.1 Å². The standard InChI is InChI=1S/C21H26N8O5/c22-18-15-19(29(11-23-15)20-17(32)16(31)14(10-30)34-20)26-21(25-18)27-24-9-12-1-3-13(4-2-12)28-5-7-33-8-6-28/h1-4,9,11,14,16-17,20,30-32H,5-8,10H2,(H3,22,25,26,27)/b24-9+. The maximum atomic E-state index is 10.3. The fourth-order valence-electron chi connectivity index (χ4n) is 4.04. The van der Waals surface area contributed by atoms with Gasteiger partial charge in [-0.25, -0.2) is 10.4 Å². The molecule has 0 bridgehead atoms. The first-order valence-corrected chi connectivity index (χ1v) is 10.9. The Hall–Kier alpha value is -3.36. The van der Waals surface area contributed by atoms with E-state index in [4.69, 9.17) is 15.2 Å². The summed E-state index contributed by atoms with van der Waals surface area (Å²) >= 11 is 0. The van der Waals surface area contributed by atoms with Gasteiger partial charge < -0.3 is 35.4 Å². The van der Waals surface area contributed by atoms with Gasteiger partial charge in [-0.15, -0.1) is 0 Å². The molecular weight excluding hydrogens is 444 g/mol. The number of hydrogen-bond acceptors (Lipinski definition) is 12. The molecule has 13 heteroatoms. The molecule has 1 aromatic carbocycles. The van der Waals surface area contributed by atoms with Crippen molar-refractivity contribution < 1.29 is 24.8 Å². The fourth-order valence-corrected chi connectivity index (χ4v) is 4.04. The van der Waals surface area contributed by atoms with Crippen LogP contribution in [0.25, 0.3) is 11.2 Å². The number of nitrogens with one attached hydrogen (secondary N) is 1. The summed E-state index contributed by atoms with van der Waals surface area (Å²) in [6, 6.07) is 8.00. The highest BCUT2D eigenvalue weighted by Crippen LogP contribution is 2.32. The monoisotopic (exact) mass is 470 g/mol. The number of fused-ring (bicyclic) bond motifs is 1. The second kappa shape index (κ2) is 9.48. The van der Waals surface area contributed by atoms with E-state index in [0.717, 1.165) is 37.6 Å². The largest absolute Gasteiger partial charge is 0.394 e. The van der Waals surface area contributed by atoms with Gasteiger partial charge in [-0.3, -0.25) is 4.57 Å². The Labute approximate surface area is 194 Å². The highest BCUT2D eigenvalue weighted by atomic mass is 16.6. The summed E-state index contributed by atoms with van der Waals surface area (Å²) in [5.41, 5.74) is 11.4. The Morgan fingerprint density at radius 2 is 1.91 bits per heavy atom. The third kappa shape index (κ3) is 4.26. The van der Waals surface area contributed by atoms with Crippen LogP contribution in [0.4, 0.5) is 17.5 Å². The Bertz CT molecular complexity index is 1160. The molecule has 0 aliphatic carbocycles. The van der Waals surface area contributed by atoms with Crippen LogP contribution in [0.15, 0.2) is 35.7 Å². The summed E-state index contributed by atoms with van der Waals surface area (Å²) in [4.78, 5) is 15.0. The maximum absolute atomic E-state index is 10.3. The quantitative estimate of drug-likeness (QED) is 0.227. The molecule has 13 nitrogen and oxygen atoms in total. The zero-order chi connectivity index (χ0) is 23.7. The molecule has 34 heavy (non-hydrogen) atoms. The highest BCUT2D eigenvalue weighted by molar-refractivity contribution is 5.83. The number of aliphatic hydroxyl groups is 3. The number of morpholine rings is 1. The van der Waals surface area contributed by atoms with Gasteiger partial charge in [-0.2, -0.15) is 15.1 Å². The van der Waals surface area contributed by atoms with E-state index in [1.54, 1.807) is 6.21 Å². The zero-order valence-electron chi connectivity index (χ0n) is 18.2. The number of anilines is 3. The number of hydrogen-bond donors (Lipinski definition) is 5. The molecule has 4 heterocycles. The minimum absolute atomic E-state index is 0.114. The SMILES string of the molecule is Nc1nc(N/N=C/c2ccc(N3CCOCC3)cc2)nc2c1ncn2C1OC(CO)C(O)C1O. The molecule has 0 amide bonds. The second-order valence-corrected chi connectivity index (χ2v) is 8.05. The van der Waals surface area contributed by atoms with Crippen LogP contribution in [0.5, 0.6) is 0 Å². The van der Waals surface area contributed by atoms with Gasteiger partial charge in [0.2, 0.25) is 5.95 Å². The summed E-state index contributed by atoms with van der Waals surface area (Å²) in [5, 5.41) is 33.9. The zero-order valence-corrected chi connectivity index (χ0v) is 18.2. The molecule has 3 aromatic rings. The lowest BCUT2D eigenvalue weighted by Crippen LogP contribution is -2.36. The van der Waals surface area contributed by atoms with Gasteiger partial charge >= 0.3 is 0 Å². The number of nitrogens with two attached hydrogens (primary N) is 1. The summed E-state index contributed by atoms with van der Waals surface area (Å²) in [6.45, 7) is 2.76. The van der Waals surface area contributed by atoms with Crippen molar-refractivity contribution in [1.29, 1.82) is 0 Å². The maximum Gasteiger partial charge on any atom is 0.247 e. The first-order valence-electron chi connectivity index (χ1n) is 10.9. The van der Waals surface area contributed by atoms with Gasteiger partial charge in [0, 0.05) is 18.8 Å². The molecule has 2 aromatic heterocycles. The molecule has 180 valence electrons. The van der Waals surface area contributed by atoms with Crippen molar-refractivity contribution in [1.82, 2.24) is 19.5 Å². The second-order valence-electron chi connectivity index (χ2n) is 8.05. The molecule has 0 radical (unpaired) electrons. The number of aromatic nitrogens is 4. The van der Waals surface area contributed by atoms with Crippen molar-refractivity contribution >= 4 is 34.8 Å². The lowest BCUT2D eigenvalue weighted by atomic mass is 10.1. The number of ether oxygens (including phenoxy) is 2. The molecular formula is C21H26N8O5. The molecule has 4 atom stereocenters. The third-order valence-corrected chi connectivity index (χ3v) is 5.89. The Morgan fingerprint density at radius 3 is 2.62 bits per heavy atom. The normalized spacial score (nSPS) is 25.4. The van der Waals surface area contributed by atoms with Gasteiger partial charge in [0.25, 0.3) is 0 Å². The number of benzene rings is 1. The fraction of sp³-hybridized carbons (Fsp3) is 0.429. The molecule has 2 aliphatic heterocycles. The third-order valence-electron chi connectivity index (χ3n) is 5.89. The predicted octanol–water partition coefficient (Wildman–Crippen LogP) is -0.697. The summed E-state index contributed by atoms with van der Waals surface area (Å²) < 4.78 is 12.4. The molecule has 2 aliphatic rings. The van der Waals surface area contributed by atoms with E-state index in [1.165, 1.54) is 10.9 Å². The highest BCUT2D eigenvalue weighted by Gasteiger charge is 2.44. The average molecular weight is 470 g/mol. The lowest BCUT2D eigenvalue weighted by Gasteiger charge is -2.28. The number of rotatable bonds is 6. The van der Waals surface area contributed by atoms with Gasteiger partial charge in [-0.05, 0) is 17.7 Å². The number of nitrogens with zero attached hydrogens (tertiary/aromatic N) is 6. The van der Waals surface area contributed by atoms with Crippen molar-refractivity contribution in [3.05, 3.63) is 36.2 Å². The summed E-state index contributed by atoms with van der Waals surface area (Å²) in [7, 11) is 0. The Balaban J connectivity index is 1.31. The number of nitrogen functional groups attached to an aromatic ring is 1. The van der Waals surface area contributed by atoms with Crippen molar-refractivity contribution in [3.63, 3.8) is 0 Å². The predicted molar refractivity (Wildman–Crippen MR) is 123 cm³/mol. The van der Waals surface area contributed by atoms with Gasteiger partial charge in [0.1, 0.15) is 23.8 Å². The Kier molecular flexibility index (Phi) is 6.26. The number of aliphatic hydroxyl groups excluding tert-OH is 3. The topological polar surface area (TPSA) is 176 Å². The smallest absolute Gasteiger partial charge is 0.247 e. The van der Waals surface area contributed by atoms with Crippen LogP contribution in [0.1, 0.15) is 11.8 Å². The lowest BCUT2D eigenvalue weighted by molar-refractivity contribution is -0.0511. The summed E-state index contributed by atoms with van der Waals surface area (Å²) in [5.74, 6) is 0.239. The van der Waals surface area contributed by atoms with Crippen LogP contribution in [0.2, 0.25) is 0 Å². The van der Waals surface area contributed by atoms with Crippen molar-refractivity contribution in [2.24, 2.45) is 5.10 Å². The molecule has 5 rings (SSSR count). The van der Waals surface area contributed by atoms with Crippen LogP contribution < -0.4 is 16.1 Å². The molecule has 6 N–H and O–H groups in total. The van der Waals surface area contributed by atoms with Crippen LogP contribution >= 0.6 is 0 Å². The molecule has 0 saturated carbocycles. The van der Waals surface area contributed by atoms with Crippen LogP contribution in [0.3, 0.4) is 0 Å². The van der Waals surface area contributed by atoms with Crippen molar-refractivity contribution in [3.8, 4) is 0 Å². The van der Waals surface area contributed by atoms with E-state index in [2.05, 4.69) is 30.4 Å². The number of hydrazone groups is 1. The summed E-state index contributed by atoms with van der Waals surface area (Å²) in [6.07, 6.45) is -1.42. The van der Waals surface area contributed by atoms with Gasteiger partial charge in [0.15, 0.2) is 17.7 Å². The first kappa shape index (κ1) is 22.4. The van der Waals surface area contributed by atoms with E-state index in [9.17, 15) is 15.3 Å². The van der Waals surface area contributed by atoms with Crippen LogP contribution in [0, 0.1) is 0 Å². The molecule has 4 unspecified atom stereocenters. The minimum atomic E-state index is -1.28. The van der Waals surface area contributed by atoms with Gasteiger partial charge in [0.05, 0.1) is 32.4 Å². The Morgan fingerprint density at radius 1 is 1.15 bits per heavy atom. The minimum Gasteiger partial charge on any atom is -0.394 e. The van der Waals surface area contributed by atoms with Crippen LogP contribution in [-0.2, 0) is 9.47 Å². The van der Waals surface area contributed by atoms with Crippen molar-refractivity contribution in [2.45, 2.75) is 24.5 Å². The molecule has 0 spiro atoms. The van der Waals surface area contributed by atoms with E-state index in [-0.39, 0.29) is 17.4 Å².